The molecule has 8 heteroatoms. The Hall–Kier alpha value is -2.43. The molecular formula is C12H18N6O2. The van der Waals surface area contributed by atoms with Crippen molar-refractivity contribution >= 4 is 17.5 Å². The van der Waals surface area contributed by atoms with Gasteiger partial charge in [0.2, 0.25) is 11.8 Å². The highest BCUT2D eigenvalue weighted by Gasteiger charge is 2.24. The summed E-state index contributed by atoms with van der Waals surface area (Å²) in [5.74, 6) is 0.602. The Morgan fingerprint density at radius 2 is 2.20 bits per heavy atom. The number of nitrogens with one attached hydrogen (secondary N) is 1. The van der Waals surface area contributed by atoms with Gasteiger partial charge < -0.3 is 10.2 Å². The Morgan fingerprint density at radius 1 is 1.50 bits per heavy atom. The van der Waals surface area contributed by atoms with E-state index in [1.165, 1.54) is 0 Å². The molecule has 108 valence electrons. The van der Waals surface area contributed by atoms with E-state index in [0.717, 1.165) is 6.42 Å². The lowest BCUT2D eigenvalue weighted by molar-refractivity contribution is -0.385. The third-order valence-electron chi connectivity index (χ3n) is 2.68. The van der Waals surface area contributed by atoms with Crippen molar-refractivity contribution in [1.82, 2.24) is 9.97 Å². The number of anilines is 2. The van der Waals surface area contributed by atoms with Crippen molar-refractivity contribution in [1.29, 1.82) is 5.26 Å². The van der Waals surface area contributed by atoms with Gasteiger partial charge in [-0.1, -0.05) is 6.92 Å². The topological polar surface area (TPSA) is 108 Å². The summed E-state index contributed by atoms with van der Waals surface area (Å²) in [6, 6.07) is 2.01. The number of hydrogen-bond donors (Lipinski definition) is 1. The third-order valence-corrected chi connectivity index (χ3v) is 2.68. The molecule has 0 radical (unpaired) electrons. The minimum atomic E-state index is -0.489. The van der Waals surface area contributed by atoms with E-state index < -0.39 is 4.92 Å². The Bertz CT molecular complexity index is 525. The number of hydrogen-bond acceptors (Lipinski definition) is 7. The minimum Gasteiger partial charge on any atom is -0.354 e. The van der Waals surface area contributed by atoms with Gasteiger partial charge in [0.05, 0.1) is 17.4 Å². The van der Waals surface area contributed by atoms with Gasteiger partial charge >= 0.3 is 5.69 Å². The smallest absolute Gasteiger partial charge is 0.332 e. The predicted molar refractivity (Wildman–Crippen MR) is 75.7 cm³/mol. The third kappa shape index (κ3) is 3.78. The summed E-state index contributed by atoms with van der Waals surface area (Å²) < 4.78 is 0. The Kier molecular flexibility index (Phi) is 5.65. The molecular weight excluding hydrogens is 260 g/mol. The number of aromatic nitrogens is 2. The van der Waals surface area contributed by atoms with Crippen molar-refractivity contribution in [2.24, 2.45) is 0 Å². The van der Waals surface area contributed by atoms with E-state index in [-0.39, 0.29) is 17.9 Å². The zero-order chi connectivity index (χ0) is 15.1. The molecule has 1 aromatic rings. The molecule has 0 unspecified atom stereocenters. The van der Waals surface area contributed by atoms with E-state index >= 15 is 0 Å². The number of nitrogens with zero attached hydrogens (tertiary/aromatic N) is 5. The lowest BCUT2D eigenvalue weighted by Crippen LogP contribution is -2.22. The first kappa shape index (κ1) is 15.6. The van der Waals surface area contributed by atoms with Gasteiger partial charge in [-0.2, -0.15) is 10.2 Å². The summed E-state index contributed by atoms with van der Waals surface area (Å²) >= 11 is 0. The standard InChI is InChI=1S/C12H18N6O2/c1-4-7-14-12-15-9(2)10(18(19)20)11(16-12)17(3)8-5-6-13/h4-5,7-8H2,1-3H3,(H,14,15,16). The lowest BCUT2D eigenvalue weighted by atomic mass is 10.3. The SMILES string of the molecule is CCCNc1nc(C)c([N+](=O)[O-])c(N(C)CCC#N)n1. The van der Waals surface area contributed by atoms with E-state index in [4.69, 9.17) is 5.26 Å². The highest BCUT2D eigenvalue weighted by molar-refractivity contribution is 5.62. The molecule has 1 heterocycles. The summed E-state index contributed by atoms with van der Waals surface area (Å²) in [5.41, 5.74) is 0.190. The van der Waals surface area contributed by atoms with Crippen LogP contribution in [0.15, 0.2) is 0 Å². The summed E-state index contributed by atoms with van der Waals surface area (Å²) in [6.07, 6.45) is 1.17. The molecule has 0 aliphatic rings. The molecule has 0 bridgehead atoms. The highest BCUT2D eigenvalue weighted by atomic mass is 16.6. The zero-order valence-corrected chi connectivity index (χ0v) is 11.9. The molecule has 0 amide bonds. The van der Waals surface area contributed by atoms with E-state index in [1.54, 1.807) is 18.9 Å². The van der Waals surface area contributed by atoms with Crippen molar-refractivity contribution in [3.63, 3.8) is 0 Å². The van der Waals surface area contributed by atoms with Crippen LogP contribution in [0.4, 0.5) is 17.5 Å². The Labute approximate surface area is 117 Å². The number of rotatable bonds is 7. The van der Waals surface area contributed by atoms with Gasteiger partial charge in [0.1, 0.15) is 5.69 Å². The van der Waals surface area contributed by atoms with Gasteiger partial charge in [-0.3, -0.25) is 10.1 Å². The molecule has 20 heavy (non-hydrogen) atoms. The molecule has 0 aromatic carbocycles. The fourth-order valence-electron chi connectivity index (χ4n) is 1.67. The first-order valence-electron chi connectivity index (χ1n) is 6.36. The van der Waals surface area contributed by atoms with Crippen LogP contribution < -0.4 is 10.2 Å². The van der Waals surface area contributed by atoms with Crippen LogP contribution in [0, 0.1) is 28.4 Å². The van der Waals surface area contributed by atoms with Crippen molar-refractivity contribution in [3.05, 3.63) is 15.8 Å². The molecule has 1 aromatic heterocycles. The van der Waals surface area contributed by atoms with Crippen LogP contribution in [-0.4, -0.2) is 35.0 Å². The fourth-order valence-corrected chi connectivity index (χ4v) is 1.67. The van der Waals surface area contributed by atoms with Gasteiger partial charge in [-0.05, 0) is 13.3 Å². The van der Waals surface area contributed by atoms with Crippen LogP contribution in [-0.2, 0) is 0 Å². The summed E-state index contributed by atoms with van der Waals surface area (Å²) in [6.45, 7) is 4.66. The van der Waals surface area contributed by atoms with Crippen molar-refractivity contribution in [2.45, 2.75) is 26.7 Å². The lowest BCUT2D eigenvalue weighted by Gasteiger charge is -2.18. The van der Waals surface area contributed by atoms with E-state index in [0.29, 0.717) is 24.7 Å². The molecule has 0 fully saturated rings. The summed E-state index contributed by atoms with van der Waals surface area (Å²) in [7, 11) is 1.68. The number of nitro groups is 1. The van der Waals surface area contributed by atoms with Crippen molar-refractivity contribution in [3.8, 4) is 6.07 Å². The molecule has 1 N–H and O–H groups in total. The predicted octanol–water partition coefficient (Wildman–Crippen LogP) is 1.86. The summed E-state index contributed by atoms with van der Waals surface area (Å²) in [5, 5.41) is 22.8. The Morgan fingerprint density at radius 3 is 2.75 bits per heavy atom. The molecule has 0 atom stereocenters. The number of aryl methyl sites for hydroxylation is 1. The maximum atomic E-state index is 11.2. The second kappa shape index (κ2) is 7.23. The molecule has 0 aliphatic carbocycles. The van der Waals surface area contributed by atoms with Crippen molar-refractivity contribution < 1.29 is 4.92 Å². The van der Waals surface area contributed by atoms with E-state index in [2.05, 4.69) is 15.3 Å². The molecule has 1 rings (SSSR count). The van der Waals surface area contributed by atoms with Gasteiger partial charge in [-0.25, -0.2) is 4.98 Å². The van der Waals surface area contributed by atoms with Crippen LogP contribution in [0.2, 0.25) is 0 Å². The van der Waals surface area contributed by atoms with Crippen LogP contribution in [0.3, 0.4) is 0 Å². The minimum absolute atomic E-state index is 0.118. The molecule has 0 saturated carbocycles. The molecule has 0 aliphatic heterocycles. The van der Waals surface area contributed by atoms with Crippen LogP contribution in [0.1, 0.15) is 25.5 Å². The van der Waals surface area contributed by atoms with Gasteiger partial charge in [0.25, 0.3) is 0 Å². The molecule has 8 nitrogen and oxygen atoms in total. The summed E-state index contributed by atoms with van der Waals surface area (Å²) in [4.78, 5) is 20.6. The maximum Gasteiger partial charge on any atom is 0.332 e. The highest BCUT2D eigenvalue weighted by Crippen LogP contribution is 2.29. The second-order valence-electron chi connectivity index (χ2n) is 4.32. The van der Waals surface area contributed by atoms with Gasteiger partial charge in [-0.15, -0.1) is 0 Å². The van der Waals surface area contributed by atoms with Crippen molar-refractivity contribution in [2.75, 3.05) is 30.4 Å². The fraction of sp³-hybridized carbons (Fsp3) is 0.583. The first-order valence-corrected chi connectivity index (χ1v) is 6.36. The van der Waals surface area contributed by atoms with Crippen LogP contribution in [0.5, 0.6) is 0 Å². The first-order chi connectivity index (χ1) is 9.51. The van der Waals surface area contributed by atoms with E-state index in [9.17, 15) is 10.1 Å². The monoisotopic (exact) mass is 278 g/mol. The Balaban J connectivity index is 3.18. The largest absolute Gasteiger partial charge is 0.354 e. The van der Waals surface area contributed by atoms with Crippen LogP contribution >= 0.6 is 0 Å². The maximum absolute atomic E-state index is 11.2. The van der Waals surface area contributed by atoms with Gasteiger partial charge in [0, 0.05) is 20.1 Å². The second-order valence-corrected chi connectivity index (χ2v) is 4.32. The average Bonchev–Trinajstić information content (AvgIpc) is 2.41. The quantitative estimate of drug-likeness (QED) is 0.599. The average molecular weight is 278 g/mol. The normalized spacial score (nSPS) is 9.90. The zero-order valence-electron chi connectivity index (χ0n) is 11.9. The number of nitriles is 1. The molecule has 0 spiro atoms. The molecule has 0 saturated heterocycles. The van der Waals surface area contributed by atoms with Gasteiger partial charge in [0.15, 0.2) is 0 Å². The van der Waals surface area contributed by atoms with E-state index in [1.807, 2.05) is 13.0 Å². The van der Waals surface area contributed by atoms with Crippen LogP contribution in [0.25, 0.3) is 0 Å².